The van der Waals surface area contributed by atoms with E-state index < -0.39 is 0 Å². The number of nitrogens with one attached hydrogen (secondary N) is 3. The van der Waals surface area contributed by atoms with Gasteiger partial charge in [0.15, 0.2) is 0 Å². The number of hydrogen-bond acceptors (Lipinski definition) is 4. The molecule has 2 fully saturated rings. The van der Waals surface area contributed by atoms with Crippen molar-refractivity contribution < 1.29 is 4.79 Å². The Kier molecular flexibility index (Phi) is 9.62. The topological polar surface area (TPSA) is 71.0 Å². The van der Waals surface area contributed by atoms with Gasteiger partial charge in [-0.1, -0.05) is 18.2 Å². The maximum atomic E-state index is 12.4. The Hall–Kier alpha value is -1.60. The fourth-order valence-corrected chi connectivity index (χ4v) is 4.64. The molecule has 166 valence electrons. The van der Waals surface area contributed by atoms with E-state index in [1.807, 2.05) is 25.3 Å². The summed E-state index contributed by atoms with van der Waals surface area (Å²) in [6.07, 6.45) is 7.70. The fourth-order valence-electron chi connectivity index (χ4n) is 4.64. The summed E-state index contributed by atoms with van der Waals surface area (Å²) in [5.74, 6) is 2.59. The number of para-hydroxylation sites is 1. The first-order chi connectivity index (χ1) is 13.7. The van der Waals surface area contributed by atoms with Gasteiger partial charge in [-0.3, -0.25) is 4.79 Å². The summed E-state index contributed by atoms with van der Waals surface area (Å²) in [5, 5.41) is 10.3. The number of carbonyl (C=O) groups excluding carboxylic acids is 1. The van der Waals surface area contributed by atoms with Crippen molar-refractivity contribution in [3.05, 3.63) is 48.0 Å². The Labute approximate surface area is 191 Å². The van der Waals surface area contributed by atoms with Gasteiger partial charge in [0.05, 0.1) is 5.69 Å². The fraction of sp³-hybridized carbons (Fsp3) is 0.545. The molecule has 8 heteroatoms. The zero-order valence-electron chi connectivity index (χ0n) is 17.5. The SMILES string of the molecule is Cc1nccn1-c1ccccc1CNC(=O)CCC[C@@H]1NC[C@@H]2CNC[C@H]1C2.Cl.Cl. The second-order valence-electron chi connectivity index (χ2n) is 8.18. The van der Waals surface area contributed by atoms with Crippen molar-refractivity contribution in [1.82, 2.24) is 25.5 Å². The third-order valence-electron chi connectivity index (χ3n) is 6.19. The molecule has 3 heterocycles. The summed E-state index contributed by atoms with van der Waals surface area (Å²) in [5.41, 5.74) is 2.17. The molecule has 1 amide bonds. The van der Waals surface area contributed by atoms with Crippen molar-refractivity contribution in [3.8, 4) is 5.69 Å². The Morgan fingerprint density at radius 1 is 1.23 bits per heavy atom. The lowest BCUT2D eigenvalue weighted by Gasteiger charge is -2.41. The smallest absolute Gasteiger partial charge is 0.220 e. The quantitative estimate of drug-likeness (QED) is 0.602. The van der Waals surface area contributed by atoms with Gasteiger partial charge in [0.25, 0.3) is 0 Å². The van der Waals surface area contributed by atoms with Crippen LogP contribution in [0.4, 0.5) is 0 Å². The standard InChI is InChI=1S/C22H31N5O.2ClH/c1-16-24-9-10-27(16)21-7-3-2-5-18(21)15-26-22(28)8-4-6-20-19-11-17(13-25-20)12-23-14-19;;/h2-3,5,7,9-10,17,19-20,23,25H,4,6,8,11-15H2,1H3,(H,26,28);2*1H/t17-,19+,20-;;/m0../s1. The molecule has 0 radical (unpaired) electrons. The number of carbonyl (C=O) groups is 1. The van der Waals surface area contributed by atoms with Gasteiger partial charge in [0.2, 0.25) is 5.91 Å². The third kappa shape index (κ3) is 5.97. The largest absolute Gasteiger partial charge is 0.352 e. The highest BCUT2D eigenvalue weighted by atomic mass is 35.5. The molecule has 0 spiro atoms. The maximum absolute atomic E-state index is 12.4. The molecule has 3 N–H and O–H groups in total. The van der Waals surface area contributed by atoms with Crippen molar-refractivity contribution in [2.75, 3.05) is 19.6 Å². The van der Waals surface area contributed by atoms with Crippen LogP contribution in [-0.4, -0.2) is 41.1 Å². The molecule has 4 rings (SSSR count). The predicted molar refractivity (Wildman–Crippen MR) is 125 cm³/mol. The lowest BCUT2D eigenvalue weighted by atomic mass is 9.80. The van der Waals surface area contributed by atoms with E-state index in [0.29, 0.717) is 19.0 Å². The van der Waals surface area contributed by atoms with E-state index in [1.165, 1.54) is 6.42 Å². The minimum atomic E-state index is 0. The van der Waals surface area contributed by atoms with Gasteiger partial charge >= 0.3 is 0 Å². The van der Waals surface area contributed by atoms with E-state index in [0.717, 1.165) is 61.4 Å². The first-order valence-corrected chi connectivity index (χ1v) is 10.5. The monoisotopic (exact) mass is 453 g/mol. The number of nitrogens with zero attached hydrogens (tertiary/aromatic N) is 2. The number of hydrogen-bond donors (Lipinski definition) is 3. The zero-order valence-corrected chi connectivity index (χ0v) is 19.1. The van der Waals surface area contributed by atoms with Crippen molar-refractivity contribution in [3.63, 3.8) is 0 Å². The van der Waals surface area contributed by atoms with Gasteiger partial charge in [0.1, 0.15) is 5.82 Å². The second kappa shape index (κ2) is 11.7. The summed E-state index contributed by atoms with van der Waals surface area (Å²) >= 11 is 0. The highest BCUT2D eigenvalue weighted by molar-refractivity contribution is 5.85. The molecule has 1 aromatic carbocycles. The summed E-state index contributed by atoms with van der Waals surface area (Å²) in [6, 6.07) is 8.71. The zero-order chi connectivity index (χ0) is 19.3. The molecule has 3 atom stereocenters. The van der Waals surface area contributed by atoms with Crippen LogP contribution in [-0.2, 0) is 11.3 Å². The minimum absolute atomic E-state index is 0. The number of amides is 1. The molecular weight excluding hydrogens is 421 g/mol. The maximum Gasteiger partial charge on any atom is 0.220 e. The van der Waals surface area contributed by atoms with Crippen LogP contribution in [0.1, 0.15) is 37.1 Å². The molecule has 1 aromatic heterocycles. The van der Waals surface area contributed by atoms with Crippen molar-refractivity contribution in [1.29, 1.82) is 0 Å². The van der Waals surface area contributed by atoms with Crippen molar-refractivity contribution >= 4 is 30.7 Å². The van der Waals surface area contributed by atoms with Crippen LogP contribution >= 0.6 is 24.8 Å². The molecule has 0 unspecified atom stereocenters. The van der Waals surface area contributed by atoms with E-state index >= 15 is 0 Å². The lowest BCUT2D eigenvalue weighted by Crippen LogP contribution is -2.54. The Morgan fingerprint density at radius 2 is 2.07 bits per heavy atom. The summed E-state index contributed by atoms with van der Waals surface area (Å²) in [7, 11) is 0. The summed E-state index contributed by atoms with van der Waals surface area (Å²) in [6.45, 7) is 5.91. The van der Waals surface area contributed by atoms with Crippen molar-refractivity contribution in [2.24, 2.45) is 11.8 Å². The molecular formula is C22H33Cl2N5O. The molecule has 2 aliphatic heterocycles. The highest BCUT2D eigenvalue weighted by Crippen LogP contribution is 2.26. The molecule has 2 saturated heterocycles. The number of aryl methyl sites for hydroxylation is 1. The predicted octanol–water partition coefficient (Wildman–Crippen LogP) is 3.01. The summed E-state index contributed by atoms with van der Waals surface area (Å²) in [4.78, 5) is 16.7. The molecule has 0 saturated carbocycles. The third-order valence-corrected chi connectivity index (χ3v) is 6.19. The lowest BCUT2D eigenvalue weighted by molar-refractivity contribution is -0.121. The molecule has 0 aliphatic carbocycles. The van der Waals surface area contributed by atoms with E-state index in [4.69, 9.17) is 0 Å². The van der Waals surface area contributed by atoms with E-state index in [-0.39, 0.29) is 30.7 Å². The number of piperidine rings is 2. The average Bonchev–Trinajstić information content (AvgIpc) is 3.14. The second-order valence-corrected chi connectivity index (χ2v) is 8.18. The number of imidazole rings is 1. The van der Waals surface area contributed by atoms with Crippen LogP contribution in [0.2, 0.25) is 0 Å². The number of rotatable bonds is 7. The van der Waals surface area contributed by atoms with Gasteiger partial charge in [-0.15, -0.1) is 24.8 Å². The Morgan fingerprint density at radius 3 is 2.87 bits per heavy atom. The number of halogens is 2. The molecule has 2 bridgehead atoms. The molecule has 2 aliphatic rings. The minimum Gasteiger partial charge on any atom is -0.352 e. The van der Waals surface area contributed by atoms with Crippen LogP contribution in [0.3, 0.4) is 0 Å². The number of benzene rings is 1. The van der Waals surface area contributed by atoms with Gasteiger partial charge in [-0.25, -0.2) is 4.98 Å². The normalized spacial score (nSPS) is 22.5. The summed E-state index contributed by atoms with van der Waals surface area (Å²) < 4.78 is 2.06. The Balaban J connectivity index is 0.00000160. The van der Waals surface area contributed by atoms with Gasteiger partial charge in [-0.2, -0.15) is 0 Å². The van der Waals surface area contributed by atoms with Gasteiger partial charge in [-0.05, 0) is 69.3 Å². The first-order valence-electron chi connectivity index (χ1n) is 10.5. The van der Waals surface area contributed by atoms with Crippen LogP contribution in [0.25, 0.3) is 5.69 Å². The molecule has 2 aromatic rings. The first kappa shape index (κ1) is 24.7. The van der Waals surface area contributed by atoms with E-state index in [2.05, 4.69) is 37.6 Å². The average molecular weight is 454 g/mol. The van der Waals surface area contributed by atoms with Crippen LogP contribution < -0.4 is 16.0 Å². The van der Waals surface area contributed by atoms with Crippen LogP contribution in [0, 0.1) is 18.8 Å². The highest BCUT2D eigenvalue weighted by Gasteiger charge is 2.32. The number of aromatic nitrogens is 2. The molecule has 30 heavy (non-hydrogen) atoms. The number of fused-ring (bicyclic) bond motifs is 2. The van der Waals surface area contributed by atoms with Crippen molar-refractivity contribution in [2.45, 2.75) is 45.2 Å². The Bertz CT molecular complexity index is 812. The van der Waals surface area contributed by atoms with E-state index in [1.54, 1.807) is 6.20 Å². The van der Waals surface area contributed by atoms with Crippen LogP contribution in [0.15, 0.2) is 36.7 Å². The molecule has 6 nitrogen and oxygen atoms in total. The van der Waals surface area contributed by atoms with E-state index in [9.17, 15) is 4.79 Å². The van der Waals surface area contributed by atoms with Gasteiger partial charge in [0, 0.05) is 31.4 Å². The van der Waals surface area contributed by atoms with Gasteiger partial charge < -0.3 is 20.5 Å². The van der Waals surface area contributed by atoms with Crippen LogP contribution in [0.5, 0.6) is 0 Å².